The van der Waals surface area contributed by atoms with Gasteiger partial charge in [-0.2, -0.15) is 0 Å². The van der Waals surface area contributed by atoms with Gasteiger partial charge in [0.1, 0.15) is 0 Å². The summed E-state index contributed by atoms with van der Waals surface area (Å²) >= 11 is 0. The number of hydrogen-bond acceptors (Lipinski definition) is 2. The predicted octanol–water partition coefficient (Wildman–Crippen LogP) is -1.07. The van der Waals surface area contributed by atoms with Crippen LogP contribution in [0, 0.1) is 0 Å². The summed E-state index contributed by atoms with van der Waals surface area (Å²) in [5.74, 6) is -0.963. The number of aliphatic carboxylic acids is 1. The fraction of sp³-hybridized carbons (Fsp3) is 0.750. The van der Waals surface area contributed by atoms with E-state index in [2.05, 4.69) is 0 Å². The van der Waals surface area contributed by atoms with Crippen LogP contribution in [0.3, 0.4) is 0 Å². The molecule has 0 aliphatic heterocycles. The Morgan fingerprint density at radius 3 is 2.12 bits per heavy atom. The van der Waals surface area contributed by atoms with E-state index in [0.717, 1.165) is 0 Å². The normalized spacial score (nSPS) is 11.8. The fourth-order valence-electron chi connectivity index (χ4n) is 0.253. The molecule has 0 radical (unpaired) electrons. The Bertz CT molecular complexity index is 71.7. The van der Waals surface area contributed by atoms with Crippen LogP contribution in [-0.2, 0) is 4.79 Å². The Morgan fingerprint density at radius 2 is 2.12 bits per heavy atom. The van der Waals surface area contributed by atoms with Gasteiger partial charge in [0.15, 0.2) is 0 Å². The zero-order chi connectivity index (χ0) is 5.86. The van der Waals surface area contributed by atoms with Gasteiger partial charge in [-0.25, -0.2) is 0 Å². The van der Waals surface area contributed by atoms with Crippen molar-refractivity contribution in [1.29, 1.82) is 0 Å². The second kappa shape index (κ2) is 5.82. The molecule has 0 aromatic heterocycles. The van der Waals surface area contributed by atoms with Crippen LogP contribution in [-0.4, -0.2) is 60.0 Å². The van der Waals surface area contributed by atoms with E-state index in [0.29, 0.717) is 0 Å². The number of aliphatic hydroxyl groups is 1. The molecule has 0 unspecified atom stereocenters. The Morgan fingerprint density at radius 1 is 1.75 bits per heavy atom. The van der Waals surface area contributed by atoms with Crippen molar-refractivity contribution in [3.05, 3.63) is 0 Å². The second-order valence-corrected chi connectivity index (χ2v) is 1.45. The molecular weight excluding hydrogens is 136 g/mol. The molecule has 0 saturated heterocycles. The summed E-state index contributed by atoms with van der Waals surface area (Å²) in [5, 5.41) is 16.3. The van der Waals surface area contributed by atoms with Crippen LogP contribution in [0.15, 0.2) is 0 Å². The minimum absolute atomic E-state index is 0. The topological polar surface area (TPSA) is 57.5 Å². The van der Waals surface area contributed by atoms with Gasteiger partial charge in [-0.1, -0.05) is 0 Å². The molecule has 2 N–H and O–H groups in total. The van der Waals surface area contributed by atoms with E-state index in [4.69, 9.17) is 10.2 Å². The van der Waals surface area contributed by atoms with Crippen LogP contribution >= 0.6 is 0 Å². The molecule has 0 rings (SSSR count). The summed E-state index contributed by atoms with van der Waals surface area (Å²) in [7, 11) is 0. The second-order valence-electron chi connectivity index (χ2n) is 1.45. The molecular formula is C4H10CaO3. The van der Waals surface area contributed by atoms with Crippen molar-refractivity contribution in [3.8, 4) is 0 Å². The van der Waals surface area contributed by atoms with Crippen molar-refractivity contribution in [2.45, 2.75) is 19.4 Å². The third kappa shape index (κ3) is 9.85. The molecule has 0 spiro atoms. The molecule has 0 saturated carbocycles. The van der Waals surface area contributed by atoms with E-state index in [1.54, 1.807) is 0 Å². The number of carbonyl (C=O) groups is 1. The van der Waals surface area contributed by atoms with E-state index in [1.807, 2.05) is 0 Å². The van der Waals surface area contributed by atoms with Gasteiger partial charge in [0.2, 0.25) is 0 Å². The summed E-state index contributed by atoms with van der Waals surface area (Å²) in [6.07, 6.45) is -0.891. The Hall–Kier alpha value is 0.690. The number of hydrogen-bond donors (Lipinski definition) is 2. The average Bonchev–Trinajstić information content (AvgIpc) is 1.27. The maximum absolute atomic E-state index is 9.65. The molecule has 46 valence electrons. The first-order chi connectivity index (χ1) is 3.13. The number of carboxylic acid groups (broad SMARTS) is 1. The molecule has 0 aromatic carbocycles. The SMILES string of the molecule is C[C@@H](O)CC(=O)O.[CaH2]. The van der Waals surface area contributed by atoms with Crippen molar-refractivity contribution in [2.24, 2.45) is 0 Å². The molecule has 0 aliphatic rings. The van der Waals surface area contributed by atoms with Crippen LogP contribution < -0.4 is 0 Å². The van der Waals surface area contributed by atoms with Crippen molar-refractivity contribution < 1.29 is 15.0 Å². The molecule has 8 heavy (non-hydrogen) atoms. The molecule has 0 aromatic rings. The van der Waals surface area contributed by atoms with E-state index in [9.17, 15) is 4.79 Å². The molecule has 0 amide bonds. The zero-order valence-corrected chi connectivity index (χ0v) is 4.09. The fourth-order valence-corrected chi connectivity index (χ4v) is 0.253. The third-order valence-electron chi connectivity index (χ3n) is 0.470. The van der Waals surface area contributed by atoms with Crippen LogP contribution in [0.5, 0.6) is 0 Å². The van der Waals surface area contributed by atoms with Gasteiger partial charge < -0.3 is 10.2 Å². The van der Waals surface area contributed by atoms with Crippen molar-refractivity contribution in [1.82, 2.24) is 0 Å². The number of aliphatic hydroxyl groups excluding tert-OH is 1. The van der Waals surface area contributed by atoms with E-state index < -0.39 is 12.1 Å². The first kappa shape index (κ1) is 11.5. The van der Waals surface area contributed by atoms with Crippen LogP contribution in [0.1, 0.15) is 13.3 Å². The first-order valence-electron chi connectivity index (χ1n) is 2.03. The standard InChI is InChI=1S/C4H8O3.Ca.2H/c1-3(5)2-4(6)7;;;/h3,5H,2H2,1H3,(H,6,7);;;/t3-;;;/m1.../s1. The summed E-state index contributed by atoms with van der Waals surface area (Å²) in [6, 6.07) is 0. The summed E-state index contributed by atoms with van der Waals surface area (Å²) < 4.78 is 0. The molecule has 0 heterocycles. The maximum atomic E-state index is 9.65. The number of rotatable bonds is 2. The molecule has 0 fully saturated rings. The Balaban J connectivity index is 0. The van der Waals surface area contributed by atoms with Crippen LogP contribution in [0.25, 0.3) is 0 Å². The molecule has 1 atom stereocenters. The monoisotopic (exact) mass is 146 g/mol. The van der Waals surface area contributed by atoms with Gasteiger partial charge in [0, 0.05) is 0 Å². The average molecular weight is 146 g/mol. The van der Waals surface area contributed by atoms with Gasteiger partial charge in [0.05, 0.1) is 12.5 Å². The van der Waals surface area contributed by atoms with E-state index in [1.165, 1.54) is 6.92 Å². The summed E-state index contributed by atoms with van der Waals surface area (Å²) in [5.41, 5.74) is 0. The molecule has 0 aliphatic carbocycles. The molecule has 3 nitrogen and oxygen atoms in total. The zero-order valence-electron chi connectivity index (χ0n) is 4.09. The van der Waals surface area contributed by atoms with Crippen LogP contribution in [0.2, 0.25) is 0 Å². The summed E-state index contributed by atoms with van der Waals surface area (Å²) in [4.78, 5) is 9.65. The molecule has 0 bridgehead atoms. The number of carboxylic acids is 1. The summed E-state index contributed by atoms with van der Waals surface area (Å²) in [6.45, 7) is 1.44. The molecule has 4 heteroatoms. The van der Waals surface area contributed by atoms with E-state index >= 15 is 0 Å². The van der Waals surface area contributed by atoms with Gasteiger partial charge in [-0.05, 0) is 6.92 Å². The first-order valence-corrected chi connectivity index (χ1v) is 2.03. The minimum atomic E-state index is -0.963. The van der Waals surface area contributed by atoms with Crippen molar-refractivity contribution in [3.63, 3.8) is 0 Å². The third-order valence-corrected chi connectivity index (χ3v) is 0.470. The Labute approximate surface area is 77.7 Å². The van der Waals surface area contributed by atoms with Gasteiger partial charge in [-0.3, -0.25) is 4.79 Å². The Kier molecular flexibility index (Phi) is 8.35. The quantitative estimate of drug-likeness (QED) is 0.487. The predicted molar refractivity (Wildman–Crippen MR) is 32.5 cm³/mol. The van der Waals surface area contributed by atoms with Crippen LogP contribution in [0.4, 0.5) is 0 Å². The van der Waals surface area contributed by atoms with Gasteiger partial charge in [-0.15, -0.1) is 0 Å². The van der Waals surface area contributed by atoms with Gasteiger partial charge >= 0.3 is 43.7 Å². The van der Waals surface area contributed by atoms with Gasteiger partial charge in [0.25, 0.3) is 0 Å². The van der Waals surface area contributed by atoms with Crippen molar-refractivity contribution >= 4 is 43.7 Å². The van der Waals surface area contributed by atoms with E-state index in [-0.39, 0.29) is 44.2 Å². The van der Waals surface area contributed by atoms with Crippen molar-refractivity contribution in [2.75, 3.05) is 0 Å².